The minimum atomic E-state index is -1.67. The highest BCUT2D eigenvalue weighted by atomic mass is 29.9. The van der Waals surface area contributed by atoms with Crippen molar-refractivity contribution in [3.63, 3.8) is 0 Å². The Kier molecular flexibility index (Phi) is 5.92. The van der Waals surface area contributed by atoms with E-state index in [1.165, 1.54) is 5.57 Å². The van der Waals surface area contributed by atoms with Gasteiger partial charge in [-0.3, -0.25) is 0 Å². The molecule has 0 saturated heterocycles. The lowest BCUT2D eigenvalue weighted by Crippen LogP contribution is -2.87. The topological polar surface area (TPSA) is 20.2 Å². The molecule has 19 heavy (non-hydrogen) atoms. The van der Waals surface area contributed by atoms with E-state index in [1.54, 1.807) is 0 Å². The van der Waals surface area contributed by atoms with Gasteiger partial charge in [0.15, 0.2) is 0 Å². The third kappa shape index (κ3) is 3.61. The fraction of sp³-hybridized carbons (Fsp3) is 0.857. The Hall–Kier alpha value is 0.568. The number of hydrogen-bond acceptors (Lipinski definition) is 1. The van der Waals surface area contributed by atoms with Crippen molar-refractivity contribution >= 4 is 29.4 Å². The fourth-order valence-electron chi connectivity index (χ4n) is 5.15. The average molecular weight is 333 g/mol. The van der Waals surface area contributed by atoms with E-state index in [9.17, 15) is 5.11 Å². The van der Waals surface area contributed by atoms with Crippen LogP contribution in [0.3, 0.4) is 0 Å². The van der Waals surface area contributed by atoms with Gasteiger partial charge in [-0.1, -0.05) is 70.6 Å². The van der Waals surface area contributed by atoms with Crippen LogP contribution < -0.4 is 0 Å². The first kappa shape index (κ1) is 19.6. The summed E-state index contributed by atoms with van der Waals surface area (Å²) in [5.74, 6) is 0. The van der Waals surface area contributed by atoms with Crippen molar-refractivity contribution in [1.82, 2.24) is 0 Å². The maximum atomic E-state index is 11.2. The summed E-state index contributed by atoms with van der Waals surface area (Å²) in [5.41, 5.74) is 1.15. The van der Waals surface area contributed by atoms with Crippen molar-refractivity contribution in [2.24, 2.45) is 0 Å². The summed E-state index contributed by atoms with van der Waals surface area (Å²) in [7, 11) is -4.11. The second-order valence-corrected chi connectivity index (χ2v) is 50.1. The molecule has 0 aromatic carbocycles. The Labute approximate surface area is 124 Å². The van der Waals surface area contributed by atoms with Crippen molar-refractivity contribution in [2.45, 2.75) is 78.5 Å². The minimum Gasteiger partial charge on any atom is -0.393 e. The summed E-state index contributed by atoms with van der Waals surface area (Å²) < 4.78 is 0. The first-order valence-electron chi connectivity index (χ1n) is 7.42. The van der Waals surface area contributed by atoms with Gasteiger partial charge in [0.25, 0.3) is 0 Å². The van der Waals surface area contributed by atoms with Crippen molar-refractivity contribution in [2.75, 3.05) is 0 Å². The van der Waals surface area contributed by atoms with E-state index >= 15 is 0 Å². The van der Waals surface area contributed by atoms with Gasteiger partial charge in [-0.15, -0.1) is 0 Å². The second-order valence-electron chi connectivity index (χ2n) is 9.25. The summed E-state index contributed by atoms with van der Waals surface area (Å²) in [5, 5.41) is 11.2. The molecule has 0 amide bonds. The van der Waals surface area contributed by atoms with Crippen molar-refractivity contribution < 1.29 is 5.11 Å². The molecule has 0 aromatic rings. The number of aliphatic hydroxyl groups excluding tert-OH is 1. The molecule has 0 bridgehead atoms. The predicted octanol–water partition coefficient (Wildman–Crippen LogP) is 4.55. The van der Waals surface area contributed by atoms with Crippen LogP contribution in [0.2, 0.25) is 58.9 Å². The minimum absolute atomic E-state index is 0.123. The molecule has 0 spiro atoms. The van der Waals surface area contributed by atoms with Crippen LogP contribution in [-0.2, 0) is 0 Å². The molecule has 5 heteroatoms. The van der Waals surface area contributed by atoms with Crippen molar-refractivity contribution in [3.8, 4) is 0 Å². The molecule has 0 aromatic heterocycles. The van der Waals surface area contributed by atoms with E-state index in [0.29, 0.717) is 0 Å². The Morgan fingerprint density at radius 3 is 1.16 bits per heavy atom. The molecular formula is C14H36OSi4. The first-order valence-corrected chi connectivity index (χ1v) is 23.0. The van der Waals surface area contributed by atoms with E-state index in [2.05, 4.69) is 78.8 Å². The first-order chi connectivity index (χ1) is 8.09. The Bertz CT molecular complexity index is 302. The Morgan fingerprint density at radius 1 is 0.737 bits per heavy atom. The molecule has 114 valence electrons. The lowest BCUT2D eigenvalue weighted by molar-refractivity contribution is 0.296. The molecule has 0 heterocycles. The van der Waals surface area contributed by atoms with Gasteiger partial charge in [0.1, 0.15) is 0 Å². The zero-order chi connectivity index (χ0) is 15.9. The van der Waals surface area contributed by atoms with Crippen LogP contribution in [0.15, 0.2) is 11.6 Å². The number of rotatable bonds is 5. The van der Waals surface area contributed by atoms with Crippen molar-refractivity contribution in [1.29, 1.82) is 0 Å². The van der Waals surface area contributed by atoms with Gasteiger partial charge in [-0.25, -0.2) is 0 Å². The maximum absolute atomic E-state index is 11.2. The Morgan fingerprint density at radius 2 is 1.00 bits per heavy atom. The van der Waals surface area contributed by atoms with E-state index < -0.39 is 29.4 Å². The SMILES string of the molecule is CC(C)=CC(O)[Si]([Si](C)(C)C)([Si](C)(C)C)[Si](C)(C)C. The van der Waals surface area contributed by atoms with Crippen LogP contribution in [-0.4, -0.2) is 40.2 Å². The molecular weight excluding hydrogens is 296 g/mol. The van der Waals surface area contributed by atoms with Crippen LogP contribution in [0.25, 0.3) is 0 Å². The molecule has 0 aliphatic carbocycles. The van der Waals surface area contributed by atoms with Gasteiger partial charge < -0.3 is 5.11 Å². The van der Waals surface area contributed by atoms with Gasteiger partial charge in [0.2, 0.25) is 0 Å². The van der Waals surface area contributed by atoms with E-state index in [0.717, 1.165) is 0 Å². The average Bonchev–Trinajstić information content (AvgIpc) is 1.91. The van der Waals surface area contributed by atoms with Gasteiger partial charge in [-0.05, 0) is 13.8 Å². The standard InChI is InChI=1S/C14H36OSi4/c1-13(2)12-14(15)19(16(3,4)5,17(6,7)8)18(9,10)11/h12,14-15H,1-11H3. The highest BCUT2D eigenvalue weighted by molar-refractivity contribution is 7.89. The zero-order valence-electron chi connectivity index (χ0n) is 15.1. The molecule has 0 aliphatic heterocycles. The summed E-state index contributed by atoms with van der Waals surface area (Å²) >= 11 is 0. The number of aliphatic hydroxyl groups is 1. The number of allylic oxidation sites excluding steroid dienone is 1. The van der Waals surface area contributed by atoms with Crippen LogP contribution in [0.5, 0.6) is 0 Å². The van der Waals surface area contributed by atoms with Gasteiger partial charge in [0.05, 0.1) is 12.4 Å². The lowest BCUT2D eigenvalue weighted by atomic mass is 10.3. The molecule has 0 saturated carbocycles. The highest BCUT2D eigenvalue weighted by Gasteiger charge is 2.64. The third-order valence-corrected chi connectivity index (χ3v) is 77.1. The monoisotopic (exact) mass is 332 g/mol. The largest absolute Gasteiger partial charge is 0.393 e. The van der Waals surface area contributed by atoms with Crippen LogP contribution in [0.4, 0.5) is 0 Å². The van der Waals surface area contributed by atoms with Gasteiger partial charge in [-0.2, -0.15) is 0 Å². The normalized spacial score (nSPS) is 16.2. The molecule has 0 radical (unpaired) electrons. The third-order valence-electron chi connectivity index (χ3n) is 4.48. The summed E-state index contributed by atoms with van der Waals surface area (Å²) in [4.78, 5) is 0. The van der Waals surface area contributed by atoms with Crippen LogP contribution in [0, 0.1) is 0 Å². The molecule has 0 rings (SSSR count). The quantitative estimate of drug-likeness (QED) is 0.578. The van der Waals surface area contributed by atoms with Crippen LogP contribution in [0.1, 0.15) is 13.8 Å². The molecule has 1 N–H and O–H groups in total. The van der Waals surface area contributed by atoms with E-state index in [4.69, 9.17) is 0 Å². The second kappa shape index (κ2) is 5.75. The summed E-state index contributed by atoms with van der Waals surface area (Å²) in [6, 6.07) is 0. The van der Waals surface area contributed by atoms with Crippen LogP contribution >= 0.6 is 0 Å². The molecule has 0 aliphatic rings. The maximum Gasteiger partial charge on any atom is 0.0750 e. The van der Waals surface area contributed by atoms with Gasteiger partial charge in [0, 0.05) is 22.8 Å². The molecule has 1 unspecified atom stereocenters. The smallest absolute Gasteiger partial charge is 0.0750 e. The van der Waals surface area contributed by atoms with E-state index in [-0.39, 0.29) is 5.73 Å². The van der Waals surface area contributed by atoms with Gasteiger partial charge >= 0.3 is 0 Å². The summed E-state index contributed by atoms with van der Waals surface area (Å²) in [6.07, 6.45) is 2.20. The zero-order valence-corrected chi connectivity index (χ0v) is 19.1. The fourth-order valence-corrected chi connectivity index (χ4v) is 105. The lowest BCUT2D eigenvalue weighted by Gasteiger charge is -2.59. The molecule has 0 fully saturated rings. The molecule has 1 nitrogen and oxygen atoms in total. The molecule has 1 atom stereocenters. The highest BCUT2D eigenvalue weighted by Crippen LogP contribution is 2.40. The Balaban J connectivity index is 6.36. The number of hydrogen-bond donors (Lipinski definition) is 1. The van der Waals surface area contributed by atoms with E-state index in [1.807, 2.05) is 0 Å². The van der Waals surface area contributed by atoms with Crippen molar-refractivity contribution in [3.05, 3.63) is 11.6 Å². The summed E-state index contributed by atoms with van der Waals surface area (Å²) in [6.45, 7) is 25.3. The predicted molar refractivity (Wildman–Crippen MR) is 101 cm³/mol.